The third-order valence-corrected chi connectivity index (χ3v) is 3.71. The smallest absolute Gasteiger partial charge is 0.132 e. The van der Waals surface area contributed by atoms with Gasteiger partial charge < -0.3 is 5.11 Å². The summed E-state index contributed by atoms with van der Waals surface area (Å²) in [7, 11) is 0. The van der Waals surface area contributed by atoms with Crippen molar-refractivity contribution in [2.45, 2.75) is 65.7 Å². The first-order valence-electron chi connectivity index (χ1n) is 9.43. The summed E-state index contributed by atoms with van der Waals surface area (Å²) in [6.07, 6.45) is 8.07. The zero-order valence-electron chi connectivity index (χ0n) is 16.1. The van der Waals surface area contributed by atoms with E-state index in [0.717, 1.165) is 0 Å². The molecule has 0 saturated heterocycles. The zero-order valence-corrected chi connectivity index (χ0v) is 16.1. The third kappa shape index (κ3) is 15.2. The second-order valence-corrected chi connectivity index (χ2v) is 5.88. The number of phenols is 1. The van der Waals surface area contributed by atoms with Gasteiger partial charge in [0.05, 0.1) is 0 Å². The van der Waals surface area contributed by atoms with Gasteiger partial charge in [-0.05, 0) is 30.5 Å². The van der Waals surface area contributed by atoms with Gasteiger partial charge in [-0.3, -0.25) is 4.79 Å². The molecule has 2 aromatic rings. The molecule has 0 saturated carbocycles. The fourth-order valence-corrected chi connectivity index (χ4v) is 2.08. The Hall–Kier alpha value is -2.09. The number of rotatable bonds is 7. The van der Waals surface area contributed by atoms with Crippen molar-refractivity contribution in [3.63, 3.8) is 0 Å². The molecule has 2 rings (SSSR count). The first-order valence-corrected chi connectivity index (χ1v) is 9.43. The standard InChI is InChI=1S/C12H18.C6H6O.C5H10O/c1-2-3-4-6-9-12-10-7-5-8-11-12;7-6-4-2-1-3-5-6;1-3-5(6)4-2/h5,7-8,10-11H,2-4,6,9H2,1H3;1-5,7H;3-4H2,1-2H3. The van der Waals surface area contributed by atoms with Crippen LogP contribution in [0, 0.1) is 0 Å². The van der Waals surface area contributed by atoms with Crippen molar-refractivity contribution in [3.05, 3.63) is 66.2 Å². The molecule has 0 radical (unpaired) electrons. The van der Waals surface area contributed by atoms with Crippen LogP contribution in [0.15, 0.2) is 60.7 Å². The number of phenolic OH excluding ortho intramolecular Hbond substituents is 1. The molecular weight excluding hydrogens is 308 g/mol. The molecule has 2 heteroatoms. The number of hydrogen-bond donors (Lipinski definition) is 1. The molecule has 0 heterocycles. The highest BCUT2D eigenvalue weighted by Gasteiger charge is 1.90. The van der Waals surface area contributed by atoms with E-state index in [1.807, 2.05) is 19.9 Å². The molecule has 0 aliphatic heterocycles. The van der Waals surface area contributed by atoms with Crippen LogP contribution in [-0.4, -0.2) is 10.9 Å². The van der Waals surface area contributed by atoms with Gasteiger partial charge >= 0.3 is 0 Å². The number of ketones is 1. The monoisotopic (exact) mass is 342 g/mol. The molecule has 0 unspecified atom stereocenters. The van der Waals surface area contributed by atoms with Crippen LogP contribution in [0.25, 0.3) is 0 Å². The summed E-state index contributed by atoms with van der Waals surface area (Å²) in [6, 6.07) is 19.5. The molecule has 0 bridgehead atoms. The number of Topliss-reactive ketones (excluding diaryl/α,β-unsaturated/α-hetero) is 1. The topological polar surface area (TPSA) is 37.3 Å². The Balaban J connectivity index is 0.000000378. The highest BCUT2D eigenvalue weighted by Crippen LogP contribution is 2.06. The van der Waals surface area contributed by atoms with Crippen LogP contribution in [0.5, 0.6) is 5.75 Å². The van der Waals surface area contributed by atoms with Gasteiger partial charge in [-0.15, -0.1) is 0 Å². The summed E-state index contributed by atoms with van der Waals surface area (Å²) in [6.45, 7) is 6.01. The lowest BCUT2D eigenvalue weighted by Crippen LogP contribution is -1.88. The number of carbonyl (C=O) groups is 1. The Morgan fingerprint density at radius 3 is 1.64 bits per heavy atom. The second kappa shape index (κ2) is 16.8. The zero-order chi connectivity index (χ0) is 18.8. The van der Waals surface area contributed by atoms with Crippen molar-refractivity contribution in [3.8, 4) is 5.75 Å². The van der Waals surface area contributed by atoms with E-state index >= 15 is 0 Å². The Bertz CT molecular complexity index is 514. The predicted molar refractivity (Wildman–Crippen MR) is 108 cm³/mol. The van der Waals surface area contributed by atoms with E-state index in [9.17, 15) is 4.79 Å². The Morgan fingerprint density at radius 2 is 1.28 bits per heavy atom. The predicted octanol–water partition coefficient (Wildman–Crippen LogP) is 6.58. The lowest BCUT2D eigenvalue weighted by atomic mass is 10.1. The maximum absolute atomic E-state index is 10.2. The fourth-order valence-electron chi connectivity index (χ4n) is 2.08. The van der Waals surface area contributed by atoms with E-state index in [1.165, 1.54) is 37.7 Å². The lowest BCUT2D eigenvalue weighted by Gasteiger charge is -1.99. The van der Waals surface area contributed by atoms with Crippen LogP contribution in [0.2, 0.25) is 0 Å². The summed E-state index contributed by atoms with van der Waals surface area (Å²) in [5.41, 5.74) is 1.48. The number of aryl methyl sites for hydroxylation is 1. The van der Waals surface area contributed by atoms with Gasteiger partial charge in [0.25, 0.3) is 0 Å². The highest BCUT2D eigenvalue weighted by atomic mass is 16.3. The summed E-state index contributed by atoms with van der Waals surface area (Å²) >= 11 is 0. The average molecular weight is 343 g/mol. The average Bonchev–Trinajstić information content (AvgIpc) is 2.67. The molecule has 0 spiro atoms. The third-order valence-electron chi connectivity index (χ3n) is 3.71. The molecular formula is C23H34O2. The van der Waals surface area contributed by atoms with Gasteiger partial charge in [0, 0.05) is 12.8 Å². The Kier molecular flexibility index (Phi) is 15.4. The minimum Gasteiger partial charge on any atom is -0.508 e. The van der Waals surface area contributed by atoms with E-state index in [4.69, 9.17) is 5.11 Å². The molecule has 0 aromatic heterocycles. The number of hydrogen-bond acceptors (Lipinski definition) is 2. The molecule has 1 N–H and O–H groups in total. The van der Waals surface area contributed by atoms with Crippen molar-refractivity contribution in [2.75, 3.05) is 0 Å². The maximum Gasteiger partial charge on any atom is 0.132 e. The number of unbranched alkanes of at least 4 members (excludes halogenated alkanes) is 3. The van der Waals surface area contributed by atoms with E-state index in [1.54, 1.807) is 24.3 Å². The van der Waals surface area contributed by atoms with E-state index in [2.05, 4.69) is 37.3 Å². The number of para-hydroxylation sites is 1. The normalized spacial score (nSPS) is 9.24. The van der Waals surface area contributed by atoms with Gasteiger partial charge in [0.15, 0.2) is 0 Å². The molecule has 0 amide bonds. The highest BCUT2D eigenvalue weighted by molar-refractivity contribution is 5.77. The van der Waals surface area contributed by atoms with Gasteiger partial charge in [-0.1, -0.05) is 88.6 Å². The van der Waals surface area contributed by atoms with E-state index in [-0.39, 0.29) is 0 Å². The van der Waals surface area contributed by atoms with Gasteiger partial charge in [0.2, 0.25) is 0 Å². The SMILES string of the molecule is CCC(=O)CC.CCCCCCc1ccccc1.Oc1ccccc1. The molecule has 0 atom stereocenters. The molecule has 0 fully saturated rings. The molecule has 25 heavy (non-hydrogen) atoms. The van der Waals surface area contributed by atoms with Crippen molar-refractivity contribution in [1.82, 2.24) is 0 Å². The van der Waals surface area contributed by atoms with Crippen LogP contribution < -0.4 is 0 Å². The van der Waals surface area contributed by atoms with Crippen molar-refractivity contribution in [2.24, 2.45) is 0 Å². The quantitative estimate of drug-likeness (QED) is 0.577. The molecule has 2 aromatic carbocycles. The minimum absolute atomic E-state index is 0.322. The summed E-state index contributed by atoms with van der Waals surface area (Å²) in [5, 5.41) is 8.63. The van der Waals surface area contributed by atoms with Gasteiger partial charge in [-0.25, -0.2) is 0 Å². The van der Waals surface area contributed by atoms with Crippen LogP contribution in [-0.2, 0) is 11.2 Å². The minimum atomic E-state index is 0.322. The van der Waals surface area contributed by atoms with Crippen LogP contribution in [0.1, 0.15) is 64.9 Å². The lowest BCUT2D eigenvalue weighted by molar-refractivity contribution is -0.118. The van der Waals surface area contributed by atoms with E-state index < -0.39 is 0 Å². The van der Waals surface area contributed by atoms with Crippen molar-refractivity contribution < 1.29 is 9.90 Å². The number of benzene rings is 2. The Morgan fingerprint density at radius 1 is 0.760 bits per heavy atom. The molecule has 138 valence electrons. The summed E-state index contributed by atoms with van der Waals surface area (Å²) in [4.78, 5) is 10.2. The fraction of sp³-hybridized carbons (Fsp3) is 0.435. The summed E-state index contributed by atoms with van der Waals surface area (Å²) < 4.78 is 0. The first-order chi connectivity index (χ1) is 12.1. The number of carbonyl (C=O) groups excluding carboxylic acids is 1. The van der Waals surface area contributed by atoms with Gasteiger partial charge in [-0.2, -0.15) is 0 Å². The molecule has 2 nitrogen and oxygen atoms in total. The molecule has 0 aliphatic carbocycles. The number of aromatic hydroxyl groups is 1. The van der Waals surface area contributed by atoms with Crippen molar-refractivity contribution in [1.29, 1.82) is 0 Å². The van der Waals surface area contributed by atoms with Crippen LogP contribution in [0.4, 0.5) is 0 Å². The van der Waals surface area contributed by atoms with Crippen LogP contribution in [0.3, 0.4) is 0 Å². The first kappa shape index (κ1) is 22.9. The Labute approximate surface area is 153 Å². The van der Waals surface area contributed by atoms with Crippen molar-refractivity contribution >= 4 is 5.78 Å². The summed E-state index contributed by atoms with van der Waals surface area (Å²) in [5.74, 6) is 0.664. The van der Waals surface area contributed by atoms with E-state index in [0.29, 0.717) is 24.4 Å². The van der Waals surface area contributed by atoms with Gasteiger partial charge in [0.1, 0.15) is 11.5 Å². The largest absolute Gasteiger partial charge is 0.508 e. The second-order valence-electron chi connectivity index (χ2n) is 5.88. The molecule has 0 aliphatic rings. The van der Waals surface area contributed by atoms with Crippen LogP contribution >= 0.6 is 0 Å². The maximum atomic E-state index is 10.2.